The molecule has 36 heavy (non-hydrogen) atoms. The first-order valence-electron chi connectivity index (χ1n) is 12.9. The molecule has 0 heterocycles. The lowest BCUT2D eigenvalue weighted by molar-refractivity contribution is -0.149. The Bertz CT molecular complexity index is 963. The molecule has 0 aromatic heterocycles. The van der Waals surface area contributed by atoms with Gasteiger partial charge in [-0.25, -0.2) is 0 Å². The number of hydrogen-bond acceptors (Lipinski definition) is 6. The van der Waals surface area contributed by atoms with Crippen LogP contribution in [0, 0.1) is 0 Å². The van der Waals surface area contributed by atoms with Crippen LogP contribution in [0.25, 0.3) is 0 Å². The van der Waals surface area contributed by atoms with E-state index in [4.69, 9.17) is 13.7 Å². The number of unbranched alkanes of at least 4 members (excludes halogenated alkanes) is 8. The predicted molar refractivity (Wildman–Crippen MR) is 145 cm³/mol. The summed E-state index contributed by atoms with van der Waals surface area (Å²) in [6.07, 6.45) is 10.2. The molecule has 0 unspecified atom stereocenters. The minimum atomic E-state index is -3.97. The van der Waals surface area contributed by atoms with Crippen molar-refractivity contribution >= 4 is 32.0 Å². The third kappa shape index (κ3) is 13.0. The van der Waals surface area contributed by atoms with Gasteiger partial charge in [-0.2, -0.15) is 8.42 Å². The van der Waals surface area contributed by atoms with E-state index in [1.165, 1.54) is 50.7 Å². The van der Waals surface area contributed by atoms with Gasteiger partial charge in [0.15, 0.2) is 0 Å². The Morgan fingerprint density at radius 1 is 0.833 bits per heavy atom. The van der Waals surface area contributed by atoms with Gasteiger partial charge in [-0.05, 0) is 36.2 Å². The third-order valence-corrected chi connectivity index (χ3v) is 7.58. The van der Waals surface area contributed by atoms with E-state index in [1.54, 1.807) is 12.1 Å². The van der Waals surface area contributed by atoms with Crippen LogP contribution in [-0.2, 0) is 35.2 Å². The van der Waals surface area contributed by atoms with Crippen LogP contribution < -0.4 is 0 Å². The zero-order valence-corrected chi connectivity index (χ0v) is 23.6. The molecule has 0 aliphatic carbocycles. The highest BCUT2D eigenvalue weighted by molar-refractivity contribution is 9.10. The van der Waals surface area contributed by atoms with Crippen LogP contribution in [-0.4, -0.2) is 33.7 Å². The molecule has 0 saturated heterocycles. The number of carbonyl (C=O) groups is 1. The van der Waals surface area contributed by atoms with E-state index in [0.29, 0.717) is 6.42 Å². The molecule has 8 heteroatoms. The summed E-state index contributed by atoms with van der Waals surface area (Å²) in [6.45, 7) is 2.15. The van der Waals surface area contributed by atoms with Crippen LogP contribution >= 0.6 is 15.9 Å². The summed E-state index contributed by atoms with van der Waals surface area (Å²) in [6, 6.07) is 15.7. The Morgan fingerprint density at radius 2 is 1.44 bits per heavy atom. The third-order valence-electron chi connectivity index (χ3n) is 5.75. The molecule has 2 aromatic carbocycles. The zero-order chi connectivity index (χ0) is 26.1. The van der Waals surface area contributed by atoms with E-state index in [9.17, 15) is 13.2 Å². The quantitative estimate of drug-likeness (QED) is 0.0989. The van der Waals surface area contributed by atoms with Crippen molar-refractivity contribution in [2.24, 2.45) is 0 Å². The zero-order valence-electron chi connectivity index (χ0n) is 21.2. The lowest BCUT2D eigenvalue weighted by Crippen LogP contribution is -2.28. The summed E-state index contributed by atoms with van der Waals surface area (Å²) in [5, 5.41) is 0. The summed E-state index contributed by atoms with van der Waals surface area (Å²) in [5.74, 6) is -0.304. The second-order valence-corrected chi connectivity index (χ2v) is 11.4. The van der Waals surface area contributed by atoms with E-state index in [-0.39, 0.29) is 30.7 Å². The Labute approximate surface area is 225 Å². The topological polar surface area (TPSA) is 78.9 Å². The van der Waals surface area contributed by atoms with Gasteiger partial charge in [-0.3, -0.25) is 8.98 Å². The maximum atomic E-state index is 12.6. The molecule has 200 valence electrons. The van der Waals surface area contributed by atoms with Gasteiger partial charge in [0.1, 0.15) is 12.7 Å². The van der Waals surface area contributed by atoms with Crippen molar-refractivity contribution in [2.45, 2.75) is 88.7 Å². The van der Waals surface area contributed by atoms with Crippen LogP contribution in [0.2, 0.25) is 0 Å². The summed E-state index contributed by atoms with van der Waals surface area (Å²) < 4.78 is 42.4. The normalized spacial score (nSPS) is 12.4. The largest absolute Gasteiger partial charge is 0.463 e. The molecule has 0 aliphatic rings. The van der Waals surface area contributed by atoms with Crippen LogP contribution in [0.3, 0.4) is 0 Å². The second kappa shape index (κ2) is 17.7. The molecule has 6 nitrogen and oxygen atoms in total. The summed E-state index contributed by atoms with van der Waals surface area (Å²) in [5.41, 5.74) is 0.930. The van der Waals surface area contributed by atoms with Gasteiger partial charge < -0.3 is 9.47 Å². The Hall–Kier alpha value is -1.74. The Balaban J connectivity index is 1.77. The first kappa shape index (κ1) is 30.5. The molecular formula is C28H39BrO6S. The van der Waals surface area contributed by atoms with Crippen LogP contribution in [0.15, 0.2) is 64.0 Å². The van der Waals surface area contributed by atoms with Gasteiger partial charge in [0.05, 0.1) is 18.1 Å². The number of carbonyl (C=O) groups excluding carboxylic acids is 1. The average Bonchev–Trinajstić information content (AvgIpc) is 2.88. The monoisotopic (exact) mass is 582 g/mol. The van der Waals surface area contributed by atoms with Gasteiger partial charge in [-0.1, -0.05) is 105 Å². The minimum Gasteiger partial charge on any atom is -0.463 e. The lowest BCUT2D eigenvalue weighted by atomic mass is 10.1. The number of benzene rings is 2. The van der Waals surface area contributed by atoms with Crippen molar-refractivity contribution < 1.29 is 26.9 Å². The molecule has 0 aliphatic heterocycles. The average molecular weight is 584 g/mol. The number of rotatable bonds is 19. The molecule has 1 atom stereocenters. The standard InChI is InChI=1S/C28H39BrO6S/c1-2-3-4-5-6-7-8-9-13-16-28(30)34-22-26(33-21-24-14-11-10-12-15-24)23-35-36(31,32)27-19-17-25(29)18-20-27/h10-12,14-15,17-20,26H,2-9,13,16,21-23H2,1H3/t26-/m1/s1. The van der Waals surface area contributed by atoms with Crippen LogP contribution in [0.4, 0.5) is 0 Å². The van der Waals surface area contributed by atoms with Crippen molar-refractivity contribution in [3.63, 3.8) is 0 Å². The van der Waals surface area contributed by atoms with E-state index >= 15 is 0 Å². The van der Waals surface area contributed by atoms with Crippen molar-refractivity contribution in [1.29, 1.82) is 0 Å². The smallest absolute Gasteiger partial charge is 0.305 e. The molecule has 0 radical (unpaired) electrons. The first-order chi connectivity index (χ1) is 17.4. The highest BCUT2D eigenvalue weighted by Gasteiger charge is 2.20. The molecule has 2 rings (SSSR count). The maximum Gasteiger partial charge on any atom is 0.305 e. The number of hydrogen-bond donors (Lipinski definition) is 0. The van der Waals surface area contributed by atoms with Crippen molar-refractivity contribution in [1.82, 2.24) is 0 Å². The van der Waals surface area contributed by atoms with Crippen molar-refractivity contribution in [3.8, 4) is 0 Å². The lowest BCUT2D eigenvalue weighted by Gasteiger charge is -2.18. The summed E-state index contributed by atoms with van der Waals surface area (Å²) in [4.78, 5) is 12.3. The minimum absolute atomic E-state index is 0.0508. The van der Waals surface area contributed by atoms with E-state index in [1.807, 2.05) is 30.3 Å². The molecule has 0 bridgehead atoms. The molecule has 0 fully saturated rings. The second-order valence-electron chi connectivity index (χ2n) is 8.87. The molecule has 0 amide bonds. The summed E-state index contributed by atoms with van der Waals surface area (Å²) >= 11 is 3.29. The van der Waals surface area contributed by atoms with Gasteiger partial charge in [0, 0.05) is 10.9 Å². The van der Waals surface area contributed by atoms with Crippen LogP contribution in [0.1, 0.15) is 76.7 Å². The number of ether oxygens (including phenoxy) is 2. The number of halogens is 1. The van der Waals surface area contributed by atoms with Gasteiger partial charge in [-0.15, -0.1) is 0 Å². The van der Waals surface area contributed by atoms with Crippen molar-refractivity contribution in [3.05, 3.63) is 64.6 Å². The van der Waals surface area contributed by atoms with Crippen molar-refractivity contribution in [2.75, 3.05) is 13.2 Å². The fourth-order valence-corrected chi connectivity index (χ4v) is 4.81. The SMILES string of the molecule is CCCCCCCCCCCC(=O)OC[C@H](COS(=O)(=O)c1ccc(Br)cc1)OCc1ccccc1. The maximum absolute atomic E-state index is 12.6. The van der Waals surface area contributed by atoms with E-state index < -0.39 is 16.2 Å². The molecule has 0 spiro atoms. The Kier molecular flexibility index (Phi) is 15.0. The highest BCUT2D eigenvalue weighted by atomic mass is 79.9. The van der Waals surface area contributed by atoms with Gasteiger partial charge in [0.25, 0.3) is 10.1 Å². The predicted octanol–water partition coefficient (Wildman–Crippen LogP) is 7.20. The summed E-state index contributed by atoms with van der Waals surface area (Å²) in [7, 11) is -3.97. The molecule has 0 saturated carbocycles. The van der Waals surface area contributed by atoms with Gasteiger partial charge >= 0.3 is 5.97 Å². The van der Waals surface area contributed by atoms with E-state index in [2.05, 4.69) is 22.9 Å². The molecular weight excluding hydrogens is 544 g/mol. The fourth-order valence-electron chi connectivity index (χ4n) is 3.61. The fraction of sp³-hybridized carbons (Fsp3) is 0.536. The molecule has 2 aromatic rings. The van der Waals surface area contributed by atoms with Crippen LogP contribution in [0.5, 0.6) is 0 Å². The number of esters is 1. The first-order valence-corrected chi connectivity index (χ1v) is 15.1. The highest BCUT2D eigenvalue weighted by Crippen LogP contribution is 2.18. The Morgan fingerprint density at radius 3 is 2.08 bits per heavy atom. The van der Waals surface area contributed by atoms with Gasteiger partial charge in [0.2, 0.25) is 0 Å². The molecule has 0 N–H and O–H groups in total. The van der Waals surface area contributed by atoms with E-state index in [0.717, 1.165) is 29.3 Å².